The van der Waals surface area contributed by atoms with Crippen molar-refractivity contribution < 1.29 is 9.53 Å². The largest absolute Gasteiger partial charge is 0.469 e. The summed E-state index contributed by atoms with van der Waals surface area (Å²) in [6.07, 6.45) is 4.49. The van der Waals surface area contributed by atoms with Crippen molar-refractivity contribution in [2.45, 2.75) is 12.8 Å². The van der Waals surface area contributed by atoms with E-state index in [1.165, 1.54) is 7.11 Å². The number of aromatic amines is 1. The van der Waals surface area contributed by atoms with Crippen LogP contribution < -0.4 is 0 Å². The number of carbonyl (C=O) groups is 1. The molecule has 0 unspecified atom stereocenters. The quantitative estimate of drug-likeness (QED) is 0.657. The third kappa shape index (κ3) is 2.69. The highest BCUT2D eigenvalue weighted by molar-refractivity contribution is 5.69. The first-order valence-corrected chi connectivity index (χ1v) is 3.59. The Morgan fingerprint density at radius 3 is 3.25 bits per heavy atom. The van der Waals surface area contributed by atoms with Crippen LogP contribution in [0.4, 0.5) is 0 Å². The fraction of sp³-hybridized carbons (Fsp3) is 0.429. The van der Waals surface area contributed by atoms with E-state index in [9.17, 15) is 4.79 Å². The lowest BCUT2D eigenvalue weighted by atomic mass is 10.2. The minimum absolute atomic E-state index is 0.213. The highest BCUT2D eigenvalue weighted by Crippen LogP contribution is 2.02. The lowest BCUT2D eigenvalue weighted by Gasteiger charge is -1.95. The lowest BCUT2D eigenvalue weighted by Crippen LogP contribution is -1.99. The number of rotatable bonds is 4. The molecule has 0 atom stereocenters. The topological polar surface area (TPSA) is 67.9 Å². The van der Waals surface area contributed by atoms with Gasteiger partial charge in [0.15, 0.2) is 0 Å². The first-order valence-electron chi connectivity index (χ1n) is 3.59. The van der Waals surface area contributed by atoms with Gasteiger partial charge in [0.1, 0.15) is 0 Å². The van der Waals surface area contributed by atoms with Gasteiger partial charge in [0, 0.05) is 19.0 Å². The molecule has 0 amide bonds. The van der Waals surface area contributed by atoms with E-state index >= 15 is 0 Å². The van der Waals surface area contributed by atoms with Crippen LogP contribution in [0.2, 0.25) is 0 Å². The van der Waals surface area contributed by atoms with E-state index in [1.54, 1.807) is 6.20 Å². The molecule has 0 fully saturated rings. The third-order valence-corrected chi connectivity index (χ3v) is 1.37. The number of esters is 1. The maximum Gasteiger partial charge on any atom is 0.305 e. The molecule has 5 heteroatoms. The zero-order valence-corrected chi connectivity index (χ0v) is 6.78. The van der Waals surface area contributed by atoms with Crippen molar-refractivity contribution >= 4 is 5.97 Å². The van der Waals surface area contributed by atoms with Crippen LogP contribution in [0.25, 0.3) is 0 Å². The number of hydrogen-bond acceptors (Lipinski definition) is 4. The second kappa shape index (κ2) is 4.48. The second-order valence-corrected chi connectivity index (χ2v) is 2.22. The molecule has 0 aliphatic heterocycles. The van der Waals surface area contributed by atoms with Crippen LogP contribution in [0.5, 0.6) is 0 Å². The monoisotopic (exact) mass is 168 g/mol. The molecule has 1 aromatic heterocycles. The van der Waals surface area contributed by atoms with E-state index in [1.807, 2.05) is 6.42 Å². The first kappa shape index (κ1) is 8.70. The molecule has 0 spiro atoms. The summed E-state index contributed by atoms with van der Waals surface area (Å²) in [5.74, 6) is -0.213. The van der Waals surface area contributed by atoms with E-state index in [4.69, 9.17) is 0 Å². The van der Waals surface area contributed by atoms with Crippen molar-refractivity contribution in [2.24, 2.45) is 0 Å². The minimum atomic E-state index is -0.213. The summed E-state index contributed by atoms with van der Waals surface area (Å²) in [5.41, 5.74) is 0.749. The molecule has 1 heterocycles. The zero-order chi connectivity index (χ0) is 8.81. The maximum atomic E-state index is 10.7. The number of hydrogen-bond donors (Lipinski definition) is 1. The van der Waals surface area contributed by atoms with Crippen LogP contribution in [-0.2, 0) is 9.53 Å². The van der Waals surface area contributed by atoms with E-state index in [-0.39, 0.29) is 5.97 Å². The fourth-order valence-electron chi connectivity index (χ4n) is 0.750. The molecule has 65 valence electrons. The van der Waals surface area contributed by atoms with Gasteiger partial charge in [-0.15, -0.1) is 5.10 Å². The number of ether oxygens (including phenoxy) is 1. The lowest BCUT2D eigenvalue weighted by molar-refractivity contribution is -0.140. The van der Waals surface area contributed by atoms with Crippen molar-refractivity contribution in [3.63, 3.8) is 0 Å². The highest BCUT2D eigenvalue weighted by Gasteiger charge is 2.01. The van der Waals surface area contributed by atoms with Gasteiger partial charge in [-0.25, -0.2) is 0 Å². The van der Waals surface area contributed by atoms with Crippen LogP contribution in [0.3, 0.4) is 0 Å². The molecular weight excluding hydrogens is 158 g/mol. The third-order valence-electron chi connectivity index (χ3n) is 1.37. The summed E-state index contributed by atoms with van der Waals surface area (Å²) >= 11 is 0. The van der Waals surface area contributed by atoms with Gasteiger partial charge in [0.2, 0.25) is 0 Å². The summed E-state index contributed by atoms with van der Waals surface area (Å²) in [6, 6.07) is 0. The number of nitrogens with zero attached hydrogens (tertiary/aromatic N) is 2. The Morgan fingerprint density at radius 2 is 2.67 bits per heavy atom. The number of aromatic nitrogens is 3. The van der Waals surface area contributed by atoms with Gasteiger partial charge in [-0.1, -0.05) is 5.21 Å². The molecule has 1 radical (unpaired) electrons. The van der Waals surface area contributed by atoms with Crippen molar-refractivity contribution in [2.75, 3.05) is 7.11 Å². The molecule has 1 N–H and O–H groups in total. The standard InChI is InChI=1S/C7H10N3O2/c1-12-7(11)4-2-3-6-5-8-10-9-6/h3,5H,2,4H2,1H3,(H,8,9,10). The smallest absolute Gasteiger partial charge is 0.305 e. The molecule has 0 aromatic carbocycles. The van der Waals surface area contributed by atoms with Gasteiger partial charge < -0.3 is 4.74 Å². The summed E-state index contributed by atoms with van der Waals surface area (Å²) in [5, 5.41) is 9.82. The summed E-state index contributed by atoms with van der Waals surface area (Å²) in [6.45, 7) is 0. The number of carbonyl (C=O) groups excluding carboxylic acids is 1. The molecule has 1 aromatic rings. The zero-order valence-electron chi connectivity index (χ0n) is 6.78. The van der Waals surface area contributed by atoms with Crippen LogP contribution in [0.1, 0.15) is 18.5 Å². The maximum absolute atomic E-state index is 10.7. The summed E-state index contributed by atoms with van der Waals surface area (Å²) < 4.78 is 4.47. The number of methoxy groups -OCH3 is 1. The van der Waals surface area contributed by atoms with Crippen molar-refractivity contribution in [1.82, 2.24) is 15.4 Å². The van der Waals surface area contributed by atoms with E-state index in [2.05, 4.69) is 20.1 Å². The Labute approximate surface area is 70.1 Å². The molecule has 0 saturated heterocycles. The summed E-state index contributed by atoms with van der Waals surface area (Å²) in [4.78, 5) is 10.7. The molecule has 5 nitrogen and oxygen atoms in total. The second-order valence-electron chi connectivity index (χ2n) is 2.22. The van der Waals surface area contributed by atoms with Gasteiger partial charge in [-0.05, 0) is 6.42 Å². The molecule has 0 saturated carbocycles. The Balaban J connectivity index is 2.15. The van der Waals surface area contributed by atoms with Crippen molar-refractivity contribution in [3.05, 3.63) is 18.3 Å². The van der Waals surface area contributed by atoms with Gasteiger partial charge in [-0.3, -0.25) is 9.89 Å². The number of H-pyrrole nitrogens is 1. The van der Waals surface area contributed by atoms with Crippen molar-refractivity contribution in [1.29, 1.82) is 0 Å². The average molecular weight is 168 g/mol. The van der Waals surface area contributed by atoms with E-state index in [0.29, 0.717) is 12.8 Å². The van der Waals surface area contributed by atoms with E-state index < -0.39 is 0 Å². The predicted molar refractivity (Wildman–Crippen MR) is 41.0 cm³/mol. The average Bonchev–Trinajstić information content (AvgIpc) is 2.57. The van der Waals surface area contributed by atoms with Crippen LogP contribution in [0.15, 0.2) is 6.20 Å². The number of nitrogens with one attached hydrogen (secondary N) is 1. The normalized spacial score (nSPS) is 9.75. The van der Waals surface area contributed by atoms with Gasteiger partial charge >= 0.3 is 5.97 Å². The molecule has 0 aliphatic carbocycles. The SMILES string of the molecule is COC(=O)CC[CH]c1c[nH]nn1. The minimum Gasteiger partial charge on any atom is -0.469 e. The Morgan fingerprint density at radius 1 is 1.83 bits per heavy atom. The van der Waals surface area contributed by atoms with E-state index in [0.717, 1.165) is 5.69 Å². The predicted octanol–water partition coefficient (Wildman–Crippen LogP) is 0.310. The highest BCUT2D eigenvalue weighted by atomic mass is 16.5. The first-order chi connectivity index (χ1) is 5.83. The van der Waals surface area contributed by atoms with Crippen molar-refractivity contribution in [3.8, 4) is 0 Å². The van der Waals surface area contributed by atoms with Gasteiger partial charge in [0.05, 0.1) is 12.8 Å². The molecule has 0 aliphatic rings. The fourth-order valence-corrected chi connectivity index (χ4v) is 0.750. The van der Waals surface area contributed by atoms with Gasteiger partial charge in [0.25, 0.3) is 0 Å². The molecule has 1 rings (SSSR count). The van der Waals surface area contributed by atoms with Crippen LogP contribution in [0, 0.1) is 6.42 Å². The Kier molecular flexibility index (Phi) is 3.25. The van der Waals surface area contributed by atoms with Gasteiger partial charge in [-0.2, -0.15) is 0 Å². The Hall–Kier alpha value is -1.39. The van der Waals surface area contributed by atoms with Crippen LogP contribution >= 0.6 is 0 Å². The molecule has 0 bridgehead atoms. The molecular formula is C7H10N3O2. The Bertz CT molecular complexity index is 233. The summed E-state index contributed by atoms with van der Waals surface area (Å²) in [7, 11) is 1.37. The van der Waals surface area contributed by atoms with Crippen LogP contribution in [-0.4, -0.2) is 28.5 Å². The molecule has 12 heavy (non-hydrogen) atoms.